The van der Waals surface area contributed by atoms with Crippen molar-refractivity contribution in [2.75, 3.05) is 13.3 Å². The van der Waals surface area contributed by atoms with Crippen LogP contribution in [0.2, 0.25) is 0 Å². The molecule has 2 heterocycles. The SMILES string of the molecule is CCCCC1(c2csnn2)CNC(=O)N1CO. The summed E-state index contributed by atoms with van der Waals surface area (Å²) in [4.78, 5) is 13.1. The number of nitrogens with zero attached hydrogens (tertiary/aromatic N) is 3. The Morgan fingerprint density at radius 1 is 1.71 bits per heavy atom. The molecule has 0 aromatic carbocycles. The Labute approximate surface area is 104 Å². The molecule has 2 amide bonds. The summed E-state index contributed by atoms with van der Waals surface area (Å²) in [5.41, 5.74) is 0.234. The van der Waals surface area contributed by atoms with Crippen LogP contribution in [0.5, 0.6) is 0 Å². The smallest absolute Gasteiger partial charge is 0.320 e. The van der Waals surface area contributed by atoms with Gasteiger partial charge in [-0.15, -0.1) is 5.10 Å². The minimum absolute atomic E-state index is 0.239. The van der Waals surface area contributed by atoms with Gasteiger partial charge in [-0.25, -0.2) is 4.79 Å². The predicted molar refractivity (Wildman–Crippen MR) is 63.4 cm³/mol. The van der Waals surface area contributed by atoms with Gasteiger partial charge in [-0.05, 0) is 18.0 Å². The van der Waals surface area contributed by atoms with Crippen molar-refractivity contribution in [3.05, 3.63) is 11.1 Å². The first-order valence-electron chi connectivity index (χ1n) is 5.68. The maximum atomic E-state index is 11.7. The van der Waals surface area contributed by atoms with Crippen LogP contribution in [0.1, 0.15) is 31.9 Å². The van der Waals surface area contributed by atoms with Gasteiger partial charge in [-0.2, -0.15) is 0 Å². The van der Waals surface area contributed by atoms with Crippen molar-refractivity contribution in [1.29, 1.82) is 0 Å². The average Bonchev–Trinajstić information content (AvgIpc) is 2.95. The van der Waals surface area contributed by atoms with Gasteiger partial charge in [0.2, 0.25) is 0 Å². The monoisotopic (exact) mass is 256 g/mol. The number of urea groups is 1. The van der Waals surface area contributed by atoms with Crippen molar-refractivity contribution in [1.82, 2.24) is 19.8 Å². The van der Waals surface area contributed by atoms with E-state index in [9.17, 15) is 9.90 Å². The van der Waals surface area contributed by atoms with E-state index >= 15 is 0 Å². The molecule has 17 heavy (non-hydrogen) atoms. The van der Waals surface area contributed by atoms with Crippen LogP contribution in [-0.2, 0) is 5.54 Å². The zero-order chi connectivity index (χ0) is 12.3. The number of carbonyl (C=O) groups is 1. The van der Waals surface area contributed by atoms with E-state index in [1.54, 1.807) is 0 Å². The van der Waals surface area contributed by atoms with Crippen LogP contribution in [0.25, 0.3) is 0 Å². The van der Waals surface area contributed by atoms with Crippen LogP contribution in [-0.4, -0.2) is 38.9 Å². The molecule has 0 radical (unpaired) electrons. The van der Waals surface area contributed by atoms with Gasteiger partial charge in [0.05, 0.1) is 0 Å². The Morgan fingerprint density at radius 3 is 3.12 bits per heavy atom. The quantitative estimate of drug-likeness (QED) is 0.820. The van der Waals surface area contributed by atoms with Crippen molar-refractivity contribution in [2.45, 2.75) is 31.7 Å². The molecular weight excluding hydrogens is 240 g/mol. The van der Waals surface area contributed by atoms with E-state index in [0.717, 1.165) is 25.0 Å². The molecule has 1 saturated heterocycles. The van der Waals surface area contributed by atoms with E-state index < -0.39 is 5.54 Å². The summed E-state index contributed by atoms with van der Waals surface area (Å²) in [6.07, 6.45) is 2.80. The number of rotatable bonds is 5. The van der Waals surface area contributed by atoms with Crippen LogP contribution in [0, 0.1) is 0 Å². The van der Waals surface area contributed by atoms with Gasteiger partial charge in [0.15, 0.2) is 0 Å². The third-order valence-electron chi connectivity index (χ3n) is 3.22. The highest BCUT2D eigenvalue weighted by atomic mass is 32.1. The molecule has 1 aromatic heterocycles. The van der Waals surface area contributed by atoms with Gasteiger partial charge < -0.3 is 10.4 Å². The third-order valence-corrected chi connectivity index (χ3v) is 3.72. The molecule has 0 spiro atoms. The number of hydrogen-bond acceptors (Lipinski definition) is 5. The summed E-state index contributed by atoms with van der Waals surface area (Å²) in [6.45, 7) is 2.28. The van der Waals surface area contributed by atoms with Gasteiger partial charge in [0.25, 0.3) is 0 Å². The molecule has 1 aliphatic rings. The normalized spacial score (nSPS) is 24.1. The van der Waals surface area contributed by atoms with Crippen LogP contribution in [0.15, 0.2) is 5.38 Å². The standard InChI is InChI=1S/C10H16N4O2S/c1-2-3-4-10(8-5-17-13-12-8)6-11-9(16)14(10)7-15/h5,15H,2-4,6-7H2,1H3,(H,11,16). The van der Waals surface area contributed by atoms with Crippen LogP contribution < -0.4 is 5.32 Å². The van der Waals surface area contributed by atoms with E-state index in [4.69, 9.17) is 0 Å². The lowest BCUT2D eigenvalue weighted by Crippen LogP contribution is -2.45. The van der Waals surface area contributed by atoms with Gasteiger partial charge in [0, 0.05) is 11.9 Å². The second kappa shape index (κ2) is 4.97. The fourth-order valence-electron chi connectivity index (χ4n) is 2.22. The Balaban J connectivity index is 2.33. The average molecular weight is 256 g/mol. The van der Waals surface area contributed by atoms with Gasteiger partial charge in [-0.3, -0.25) is 4.90 Å². The lowest BCUT2D eigenvalue weighted by Gasteiger charge is -2.34. The van der Waals surface area contributed by atoms with Crippen molar-refractivity contribution in [3.63, 3.8) is 0 Å². The fourth-order valence-corrected chi connectivity index (χ4v) is 2.77. The van der Waals surface area contributed by atoms with Crippen LogP contribution in [0.3, 0.4) is 0 Å². The Hall–Kier alpha value is -1.21. The molecule has 1 aromatic rings. The minimum Gasteiger partial charge on any atom is -0.376 e. The number of carbonyl (C=O) groups excluding carboxylic acids is 1. The summed E-state index contributed by atoms with van der Waals surface area (Å²) < 4.78 is 3.86. The fraction of sp³-hybridized carbons (Fsp3) is 0.700. The molecule has 7 heteroatoms. The number of unbranched alkanes of at least 4 members (excludes halogenated alkanes) is 1. The van der Waals surface area contributed by atoms with Crippen LogP contribution >= 0.6 is 11.5 Å². The number of hydrogen-bond donors (Lipinski definition) is 2. The number of aliphatic hydroxyl groups is 1. The van der Waals surface area contributed by atoms with Gasteiger partial charge in [0.1, 0.15) is 18.0 Å². The highest BCUT2D eigenvalue weighted by molar-refractivity contribution is 7.03. The lowest BCUT2D eigenvalue weighted by molar-refractivity contribution is 0.0570. The zero-order valence-electron chi connectivity index (χ0n) is 9.72. The molecule has 1 atom stereocenters. The number of amides is 2. The summed E-state index contributed by atoms with van der Waals surface area (Å²) in [5, 5.41) is 18.1. The Bertz CT molecular complexity index is 384. The molecule has 0 bridgehead atoms. The summed E-state index contributed by atoms with van der Waals surface area (Å²) in [5.74, 6) is 0. The molecule has 2 rings (SSSR count). The molecule has 6 nitrogen and oxygen atoms in total. The minimum atomic E-state index is -0.533. The number of aliphatic hydroxyl groups excluding tert-OH is 1. The maximum Gasteiger partial charge on any atom is 0.320 e. The number of nitrogens with one attached hydrogen (secondary N) is 1. The first kappa shape index (κ1) is 12.3. The van der Waals surface area contributed by atoms with E-state index in [1.807, 2.05) is 5.38 Å². The molecule has 2 N–H and O–H groups in total. The Morgan fingerprint density at radius 2 is 2.53 bits per heavy atom. The summed E-state index contributed by atoms with van der Waals surface area (Å²) in [7, 11) is 0. The second-order valence-corrected chi connectivity index (χ2v) is 4.76. The highest BCUT2D eigenvalue weighted by Crippen LogP contribution is 2.35. The van der Waals surface area contributed by atoms with E-state index in [-0.39, 0.29) is 12.8 Å². The van der Waals surface area contributed by atoms with E-state index in [0.29, 0.717) is 6.54 Å². The molecule has 1 aliphatic heterocycles. The van der Waals surface area contributed by atoms with Crippen molar-refractivity contribution < 1.29 is 9.90 Å². The van der Waals surface area contributed by atoms with E-state index in [2.05, 4.69) is 21.8 Å². The summed E-state index contributed by atoms with van der Waals surface area (Å²) in [6, 6.07) is -0.239. The first-order chi connectivity index (χ1) is 8.24. The molecular formula is C10H16N4O2S. The van der Waals surface area contributed by atoms with Crippen molar-refractivity contribution >= 4 is 17.6 Å². The van der Waals surface area contributed by atoms with Gasteiger partial charge in [-0.1, -0.05) is 24.3 Å². The molecule has 0 saturated carbocycles. The lowest BCUT2D eigenvalue weighted by atomic mass is 9.89. The molecule has 1 fully saturated rings. The zero-order valence-corrected chi connectivity index (χ0v) is 10.5. The molecule has 0 aliphatic carbocycles. The van der Waals surface area contributed by atoms with Gasteiger partial charge >= 0.3 is 6.03 Å². The highest BCUT2D eigenvalue weighted by Gasteiger charge is 2.47. The molecule has 1 unspecified atom stereocenters. The van der Waals surface area contributed by atoms with Crippen molar-refractivity contribution in [2.24, 2.45) is 0 Å². The second-order valence-electron chi connectivity index (χ2n) is 4.15. The maximum absolute atomic E-state index is 11.7. The number of aromatic nitrogens is 2. The molecule has 94 valence electrons. The van der Waals surface area contributed by atoms with E-state index in [1.165, 1.54) is 16.4 Å². The predicted octanol–water partition coefficient (Wildman–Crippen LogP) is 0.899. The third kappa shape index (κ3) is 2.00. The first-order valence-corrected chi connectivity index (χ1v) is 6.52. The van der Waals surface area contributed by atoms with Crippen molar-refractivity contribution in [3.8, 4) is 0 Å². The topological polar surface area (TPSA) is 78.4 Å². The summed E-state index contributed by atoms with van der Waals surface area (Å²) >= 11 is 1.26. The largest absolute Gasteiger partial charge is 0.376 e. The van der Waals surface area contributed by atoms with Crippen LogP contribution in [0.4, 0.5) is 4.79 Å². The Kier molecular flexibility index (Phi) is 3.58.